The summed E-state index contributed by atoms with van der Waals surface area (Å²) in [7, 11) is 0. The minimum Gasteiger partial charge on any atom is -0.368 e. The van der Waals surface area contributed by atoms with Crippen molar-refractivity contribution in [3.63, 3.8) is 0 Å². The van der Waals surface area contributed by atoms with Crippen LogP contribution in [0.15, 0.2) is 35.5 Å². The van der Waals surface area contributed by atoms with E-state index < -0.39 is 11.6 Å². The van der Waals surface area contributed by atoms with Crippen molar-refractivity contribution < 1.29 is 14.4 Å². The van der Waals surface area contributed by atoms with E-state index in [1.807, 2.05) is 17.3 Å². The van der Waals surface area contributed by atoms with Gasteiger partial charge < -0.3 is 15.1 Å². The Morgan fingerprint density at radius 2 is 1.97 bits per heavy atom. The van der Waals surface area contributed by atoms with Crippen molar-refractivity contribution in [2.45, 2.75) is 51.5 Å². The van der Waals surface area contributed by atoms with Crippen LogP contribution in [0.25, 0.3) is 5.57 Å². The molecule has 1 unspecified atom stereocenters. The van der Waals surface area contributed by atoms with Crippen LogP contribution in [0.1, 0.15) is 51.5 Å². The van der Waals surface area contributed by atoms with E-state index in [-0.39, 0.29) is 24.2 Å². The third-order valence-corrected chi connectivity index (χ3v) is 6.83. The van der Waals surface area contributed by atoms with Crippen molar-refractivity contribution >= 4 is 35.3 Å². The average Bonchev–Trinajstić information content (AvgIpc) is 3.63. The van der Waals surface area contributed by atoms with Crippen LogP contribution >= 0.6 is 0 Å². The number of benzene rings is 1. The van der Waals surface area contributed by atoms with E-state index in [1.54, 1.807) is 0 Å². The number of nitrogens with zero attached hydrogens (tertiary/aromatic N) is 3. The number of urea groups is 1. The third kappa shape index (κ3) is 5.10. The fourth-order valence-electron chi connectivity index (χ4n) is 4.72. The van der Waals surface area contributed by atoms with Gasteiger partial charge in [0.2, 0.25) is 5.91 Å². The number of anilines is 1. The molecule has 1 aromatic carbocycles. The number of allylic oxidation sites excluding steroid dienone is 1. The minimum absolute atomic E-state index is 0.0462. The first-order valence-corrected chi connectivity index (χ1v) is 11.9. The smallest absolute Gasteiger partial charge is 0.322 e. The molecule has 1 saturated carbocycles. The van der Waals surface area contributed by atoms with Crippen LogP contribution < -0.4 is 15.5 Å². The zero-order valence-electron chi connectivity index (χ0n) is 19.5. The molecule has 1 aliphatic carbocycles. The maximum absolute atomic E-state index is 12.9. The number of nitrogens with one attached hydrogen (secondary N) is 2. The lowest BCUT2D eigenvalue weighted by Gasteiger charge is -2.37. The molecule has 176 valence electrons. The summed E-state index contributed by atoms with van der Waals surface area (Å²) in [4.78, 5) is 45.5. The van der Waals surface area contributed by atoms with Gasteiger partial charge in [0.25, 0.3) is 5.91 Å². The summed E-state index contributed by atoms with van der Waals surface area (Å²) in [6.45, 7) is 6.94. The fourth-order valence-corrected chi connectivity index (χ4v) is 4.72. The molecule has 0 radical (unpaired) electrons. The Hall–Kier alpha value is -3.16. The number of amides is 4. The molecular formula is C25H33N5O3. The molecular weight excluding hydrogens is 418 g/mol. The summed E-state index contributed by atoms with van der Waals surface area (Å²) in [5, 5.41) is 5.16. The first kappa shape index (κ1) is 23.0. The van der Waals surface area contributed by atoms with Gasteiger partial charge in [0, 0.05) is 50.7 Å². The molecule has 0 spiro atoms. The van der Waals surface area contributed by atoms with Gasteiger partial charge in [-0.1, -0.05) is 19.1 Å². The van der Waals surface area contributed by atoms with Crippen molar-refractivity contribution in [2.24, 2.45) is 10.9 Å². The van der Waals surface area contributed by atoms with Crippen LogP contribution in [0.2, 0.25) is 0 Å². The second-order valence-electron chi connectivity index (χ2n) is 9.12. The Labute approximate surface area is 195 Å². The normalized spacial score (nSPS) is 23.8. The van der Waals surface area contributed by atoms with E-state index in [0.717, 1.165) is 49.2 Å². The highest BCUT2D eigenvalue weighted by atomic mass is 16.2. The van der Waals surface area contributed by atoms with Crippen molar-refractivity contribution in [1.82, 2.24) is 15.5 Å². The second kappa shape index (κ2) is 9.77. The molecule has 2 heterocycles. The molecule has 3 fully saturated rings. The summed E-state index contributed by atoms with van der Waals surface area (Å²) < 4.78 is 0. The number of aliphatic imine (C=N–C) groups is 1. The van der Waals surface area contributed by atoms with E-state index in [0.29, 0.717) is 19.5 Å². The number of piperazine rings is 1. The molecule has 3 aliphatic rings. The van der Waals surface area contributed by atoms with Crippen molar-refractivity contribution in [2.75, 3.05) is 31.1 Å². The molecule has 2 aliphatic heterocycles. The Morgan fingerprint density at radius 1 is 1.21 bits per heavy atom. The molecule has 1 aromatic rings. The van der Waals surface area contributed by atoms with Gasteiger partial charge in [-0.2, -0.15) is 0 Å². The summed E-state index contributed by atoms with van der Waals surface area (Å²) in [5.74, 6) is -0.0896. The SMILES string of the molecule is CC/C=N\C=C(/C)c1cccc(N2CCN(C(=O)CCC3(C4CC4)NC(=O)NC3=O)CC2)c1. The molecule has 1 atom stereocenters. The number of hydrogen-bond donors (Lipinski definition) is 2. The van der Waals surface area contributed by atoms with Crippen LogP contribution in [0.3, 0.4) is 0 Å². The zero-order chi connectivity index (χ0) is 23.4. The summed E-state index contributed by atoms with van der Waals surface area (Å²) >= 11 is 0. The highest BCUT2D eigenvalue weighted by molar-refractivity contribution is 6.07. The number of carbonyl (C=O) groups excluding carboxylic acids is 3. The van der Waals surface area contributed by atoms with Crippen LogP contribution in [0.5, 0.6) is 0 Å². The molecule has 8 heteroatoms. The minimum atomic E-state index is -0.901. The highest BCUT2D eigenvalue weighted by Crippen LogP contribution is 2.43. The van der Waals surface area contributed by atoms with Crippen LogP contribution in [0.4, 0.5) is 10.5 Å². The van der Waals surface area contributed by atoms with E-state index in [2.05, 4.69) is 58.6 Å². The number of hydrogen-bond acceptors (Lipinski definition) is 5. The predicted octanol–water partition coefficient (Wildman–Crippen LogP) is 2.95. The number of carbonyl (C=O) groups is 3. The van der Waals surface area contributed by atoms with Crippen LogP contribution in [-0.2, 0) is 9.59 Å². The first-order valence-electron chi connectivity index (χ1n) is 11.9. The first-order chi connectivity index (χ1) is 15.9. The quantitative estimate of drug-likeness (QED) is 0.469. The van der Waals surface area contributed by atoms with Crippen molar-refractivity contribution in [3.05, 3.63) is 36.0 Å². The Kier molecular flexibility index (Phi) is 6.81. The third-order valence-electron chi connectivity index (χ3n) is 6.83. The van der Waals surface area contributed by atoms with Crippen molar-refractivity contribution in [1.29, 1.82) is 0 Å². The van der Waals surface area contributed by atoms with Crippen LogP contribution in [-0.4, -0.2) is 60.7 Å². The van der Waals surface area contributed by atoms with Gasteiger partial charge in [-0.15, -0.1) is 0 Å². The topological polar surface area (TPSA) is 94.1 Å². The lowest BCUT2D eigenvalue weighted by molar-refractivity contribution is -0.132. The van der Waals surface area contributed by atoms with Gasteiger partial charge in [-0.05, 0) is 61.8 Å². The van der Waals surface area contributed by atoms with Crippen molar-refractivity contribution in [3.8, 4) is 0 Å². The lowest BCUT2D eigenvalue weighted by Crippen LogP contribution is -2.51. The van der Waals surface area contributed by atoms with E-state index >= 15 is 0 Å². The monoisotopic (exact) mass is 451 g/mol. The predicted molar refractivity (Wildman–Crippen MR) is 129 cm³/mol. The number of imide groups is 1. The largest absolute Gasteiger partial charge is 0.368 e. The maximum atomic E-state index is 12.9. The van der Waals surface area contributed by atoms with Gasteiger partial charge >= 0.3 is 6.03 Å². The summed E-state index contributed by atoms with van der Waals surface area (Å²) in [6.07, 6.45) is 7.16. The maximum Gasteiger partial charge on any atom is 0.322 e. The highest BCUT2D eigenvalue weighted by Gasteiger charge is 2.55. The Balaban J connectivity index is 1.32. The fraction of sp³-hybridized carbons (Fsp3) is 0.520. The van der Waals surface area contributed by atoms with Gasteiger partial charge in [0.1, 0.15) is 5.54 Å². The molecule has 0 aromatic heterocycles. The van der Waals surface area contributed by atoms with Crippen LogP contribution in [0, 0.1) is 5.92 Å². The summed E-state index contributed by atoms with van der Waals surface area (Å²) in [5.41, 5.74) is 2.50. The molecule has 4 rings (SSSR count). The molecule has 8 nitrogen and oxygen atoms in total. The lowest BCUT2D eigenvalue weighted by atomic mass is 9.87. The zero-order valence-corrected chi connectivity index (χ0v) is 19.5. The Bertz CT molecular complexity index is 976. The average molecular weight is 452 g/mol. The van der Waals surface area contributed by atoms with E-state index in [1.165, 1.54) is 0 Å². The van der Waals surface area contributed by atoms with E-state index in [9.17, 15) is 14.4 Å². The molecule has 2 N–H and O–H groups in total. The van der Waals surface area contributed by atoms with E-state index in [4.69, 9.17) is 0 Å². The molecule has 4 amide bonds. The molecule has 33 heavy (non-hydrogen) atoms. The number of rotatable bonds is 8. The van der Waals surface area contributed by atoms with Gasteiger partial charge in [0.15, 0.2) is 0 Å². The standard InChI is InChI=1S/C25H33N5O3/c1-3-11-26-17-18(2)19-5-4-6-21(16-19)29-12-14-30(15-13-29)22(31)9-10-25(20-7-8-20)23(32)27-24(33)28-25/h4-6,11,16-17,20H,3,7-10,12-15H2,1-2H3,(H2,27,28,32,33)/b18-17+,26-11-. The van der Waals surface area contributed by atoms with Gasteiger partial charge in [0.05, 0.1) is 0 Å². The second-order valence-corrected chi connectivity index (χ2v) is 9.12. The summed E-state index contributed by atoms with van der Waals surface area (Å²) in [6, 6.07) is 7.97. The Morgan fingerprint density at radius 3 is 2.61 bits per heavy atom. The van der Waals surface area contributed by atoms with Gasteiger partial charge in [-0.25, -0.2) is 4.79 Å². The van der Waals surface area contributed by atoms with Gasteiger partial charge in [-0.3, -0.25) is 19.9 Å². The molecule has 2 saturated heterocycles. The molecule has 0 bridgehead atoms.